The highest BCUT2D eigenvalue weighted by atomic mass is 16.5. The first kappa shape index (κ1) is 17.6. The molecule has 0 fully saturated rings. The first-order chi connectivity index (χ1) is 12.6. The summed E-state index contributed by atoms with van der Waals surface area (Å²) in [7, 11) is 0. The molecule has 132 valence electrons. The summed E-state index contributed by atoms with van der Waals surface area (Å²) in [5, 5.41) is 12.6. The number of hydrogen-bond acceptors (Lipinski definition) is 4. The molecule has 0 spiro atoms. The third-order valence-corrected chi connectivity index (χ3v) is 3.89. The molecule has 0 aliphatic heterocycles. The van der Waals surface area contributed by atoms with Gasteiger partial charge in [-0.25, -0.2) is 0 Å². The Labute approximate surface area is 152 Å². The molecule has 1 unspecified atom stereocenters. The number of anilines is 1. The molecule has 0 saturated carbocycles. The van der Waals surface area contributed by atoms with E-state index in [0.717, 1.165) is 5.56 Å². The third-order valence-electron chi connectivity index (χ3n) is 3.89. The number of carbonyl (C=O) groups excluding carboxylic acids is 1. The van der Waals surface area contributed by atoms with E-state index in [9.17, 15) is 9.90 Å². The molecule has 1 heterocycles. The van der Waals surface area contributed by atoms with Crippen molar-refractivity contribution >= 4 is 11.6 Å². The van der Waals surface area contributed by atoms with Crippen LogP contribution in [0, 0.1) is 0 Å². The largest absolute Gasteiger partial charge is 0.488 e. The van der Waals surface area contributed by atoms with Gasteiger partial charge in [-0.1, -0.05) is 36.4 Å². The van der Waals surface area contributed by atoms with E-state index in [0.29, 0.717) is 29.2 Å². The zero-order valence-electron chi connectivity index (χ0n) is 14.4. The van der Waals surface area contributed by atoms with Crippen LogP contribution in [0.5, 0.6) is 5.75 Å². The van der Waals surface area contributed by atoms with Crippen LogP contribution >= 0.6 is 0 Å². The van der Waals surface area contributed by atoms with E-state index in [4.69, 9.17) is 4.74 Å². The van der Waals surface area contributed by atoms with E-state index in [1.807, 2.05) is 30.3 Å². The number of aliphatic hydroxyl groups excluding tert-OH is 1. The number of aromatic nitrogens is 1. The van der Waals surface area contributed by atoms with Crippen molar-refractivity contribution in [2.24, 2.45) is 0 Å². The number of rotatable bonds is 6. The molecule has 3 rings (SSSR count). The third kappa shape index (κ3) is 4.46. The van der Waals surface area contributed by atoms with E-state index >= 15 is 0 Å². The fourth-order valence-corrected chi connectivity index (χ4v) is 2.48. The van der Waals surface area contributed by atoms with Gasteiger partial charge in [0.15, 0.2) is 0 Å². The van der Waals surface area contributed by atoms with Crippen molar-refractivity contribution in [3.05, 3.63) is 89.7 Å². The van der Waals surface area contributed by atoms with Gasteiger partial charge in [0.2, 0.25) is 0 Å². The summed E-state index contributed by atoms with van der Waals surface area (Å²) in [6.07, 6.45) is 2.53. The summed E-state index contributed by atoms with van der Waals surface area (Å²) in [6, 6.07) is 18.3. The van der Waals surface area contributed by atoms with Crippen molar-refractivity contribution in [3.8, 4) is 5.75 Å². The number of hydrogen-bond donors (Lipinski definition) is 2. The van der Waals surface area contributed by atoms with Crippen LogP contribution in [0.2, 0.25) is 0 Å². The summed E-state index contributed by atoms with van der Waals surface area (Å²) in [5.41, 5.74) is 2.61. The Balaban J connectivity index is 1.84. The highest BCUT2D eigenvalue weighted by Gasteiger charge is 2.16. The summed E-state index contributed by atoms with van der Waals surface area (Å²) >= 11 is 0. The number of amides is 1. The number of carbonyl (C=O) groups is 1. The Kier molecular flexibility index (Phi) is 5.61. The van der Waals surface area contributed by atoms with Gasteiger partial charge < -0.3 is 15.2 Å². The second kappa shape index (κ2) is 8.27. The molecular weight excluding hydrogens is 328 g/mol. The van der Waals surface area contributed by atoms with Gasteiger partial charge in [0, 0.05) is 6.20 Å². The van der Waals surface area contributed by atoms with Gasteiger partial charge >= 0.3 is 0 Å². The molecule has 0 aliphatic carbocycles. The molecule has 1 atom stereocenters. The molecule has 3 aromatic rings. The Morgan fingerprint density at radius 1 is 1.15 bits per heavy atom. The van der Waals surface area contributed by atoms with Gasteiger partial charge in [-0.2, -0.15) is 0 Å². The van der Waals surface area contributed by atoms with E-state index in [1.165, 1.54) is 0 Å². The van der Waals surface area contributed by atoms with E-state index in [-0.39, 0.29) is 5.91 Å². The summed E-state index contributed by atoms with van der Waals surface area (Å²) in [6.45, 7) is 2.00. The molecule has 5 heteroatoms. The van der Waals surface area contributed by atoms with E-state index < -0.39 is 6.10 Å². The van der Waals surface area contributed by atoms with Crippen molar-refractivity contribution in [3.63, 3.8) is 0 Å². The normalized spacial score (nSPS) is 11.6. The average molecular weight is 348 g/mol. The lowest BCUT2D eigenvalue weighted by Gasteiger charge is -2.14. The fourth-order valence-electron chi connectivity index (χ4n) is 2.48. The molecule has 2 aromatic carbocycles. The Bertz CT molecular complexity index is 865. The maximum absolute atomic E-state index is 12.7. The molecule has 5 nitrogen and oxygen atoms in total. The molecule has 2 N–H and O–H groups in total. The molecule has 0 radical (unpaired) electrons. The van der Waals surface area contributed by atoms with Gasteiger partial charge in [0.1, 0.15) is 12.4 Å². The summed E-state index contributed by atoms with van der Waals surface area (Å²) in [5.74, 6) is 0.142. The molecule has 0 bridgehead atoms. The maximum atomic E-state index is 12.7. The minimum atomic E-state index is -0.678. The van der Waals surface area contributed by atoms with Crippen LogP contribution in [0.1, 0.15) is 34.5 Å². The summed E-state index contributed by atoms with van der Waals surface area (Å²) < 4.78 is 5.86. The number of nitrogens with one attached hydrogen (secondary N) is 1. The van der Waals surface area contributed by atoms with Crippen LogP contribution in [0.15, 0.2) is 73.1 Å². The van der Waals surface area contributed by atoms with Crippen molar-refractivity contribution < 1.29 is 14.6 Å². The number of benzene rings is 2. The minimum Gasteiger partial charge on any atom is -0.488 e. The Morgan fingerprint density at radius 3 is 2.65 bits per heavy atom. The van der Waals surface area contributed by atoms with E-state index in [1.54, 1.807) is 49.6 Å². The first-order valence-electron chi connectivity index (χ1n) is 8.33. The monoisotopic (exact) mass is 348 g/mol. The molecule has 0 saturated heterocycles. The average Bonchev–Trinajstić information content (AvgIpc) is 2.67. The SMILES string of the molecule is CC(O)c1ccc(OCc2ccccc2)c(C(=O)Nc2cccnc2)c1. The fraction of sp³-hybridized carbons (Fsp3) is 0.143. The molecule has 1 amide bonds. The molecule has 0 aliphatic rings. The highest BCUT2D eigenvalue weighted by molar-refractivity contribution is 6.06. The standard InChI is InChI=1S/C21H20N2O3/c1-15(24)17-9-10-20(26-14-16-6-3-2-4-7-16)19(12-17)21(25)23-18-8-5-11-22-13-18/h2-13,15,24H,14H2,1H3,(H,23,25). The van der Waals surface area contributed by atoms with Crippen LogP contribution in [-0.4, -0.2) is 16.0 Å². The van der Waals surface area contributed by atoms with Gasteiger partial charge in [-0.15, -0.1) is 0 Å². The van der Waals surface area contributed by atoms with Crippen LogP contribution in [-0.2, 0) is 6.61 Å². The first-order valence-corrected chi connectivity index (χ1v) is 8.33. The quantitative estimate of drug-likeness (QED) is 0.707. The lowest BCUT2D eigenvalue weighted by atomic mass is 10.1. The second-order valence-corrected chi connectivity index (χ2v) is 5.90. The predicted octanol–water partition coefficient (Wildman–Crippen LogP) is 3.97. The zero-order valence-corrected chi connectivity index (χ0v) is 14.4. The topological polar surface area (TPSA) is 71.5 Å². The lowest BCUT2D eigenvalue weighted by molar-refractivity contribution is 0.102. The smallest absolute Gasteiger partial charge is 0.259 e. The number of nitrogens with zero attached hydrogens (tertiary/aromatic N) is 1. The van der Waals surface area contributed by atoms with E-state index in [2.05, 4.69) is 10.3 Å². The van der Waals surface area contributed by atoms with Crippen molar-refractivity contribution in [2.45, 2.75) is 19.6 Å². The van der Waals surface area contributed by atoms with Gasteiger partial charge in [0.05, 0.1) is 23.6 Å². The number of aliphatic hydroxyl groups is 1. The zero-order chi connectivity index (χ0) is 18.4. The Hall–Kier alpha value is -3.18. The van der Waals surface area contributed by atoms with Gasteiger partial charge in [0.25, 0.3) is 5.91 Å². The predicted molar refractivity (Wildman–Crippen MR) is 100 cm³/mol. The van der Waals surface area contributed by atoms with Crippen molar-refractivity contribution in [2.75, 3.05) is 5.32 Å². The van der Waals surface area contributed by atoms with Gasteiger partial charge in [-0.05, 0) is 42.3 Å². The number of pyridine rings is 1. The minimum absolute atomic E-state index is 0.316. The van der Waals surface area contributed by atoms with Crippen LogP contribution in [0.3, 0.4) is 0 Å². The van der Waals surface area contributed by atoms with Crippen LogP contribution in [0.4, 0.5) is 5.69 Å². The molecule has 26 heavy (non-hydrogen) atoms. The van der Waals surface area contributed by atoms with Crippen LogP contribution in [0.25, 0.3) is 0 Å². The summed E-state index contributed by atoms with van der Waals surface area (Å²) in [4.78, 5) is 16.7. The highest BCUT2D eigenvalue weighted by Crippen LogP contribution is 2.25. The van der Waals surface area contributed by atoms with Crippen LogP contribution < -0.4 is 10.1 Å². The van der Waals surface area contributed by atoms with Gasteiger partial charge in [-0.3, -0.25) is 9.78 Å². The lowest BCUT2D eigenvalue weighted by Crippen LogP contribution is -2.14. The van der Waals surface area contributed by atoms with Crippen molar-refractivity contribution in [1.29, 1.82) is 0 Å². The molecule has 1 aromatic heterocycles. The second-order valence-electron chi connectivity index (χ2n) is 5.90. The van der Waals surface area contributed by atoms with Crippen molar-refractivity contribution in [1.82, 2.24) is 4.98 Å². The Morgan fingerprint density at radius 2 is 1.96 bits per heavy atom. The molecular formula is C21H20N2O3. The maximum Gasteiger partial charge on any atom is 0.259 e. The number of ether oxygens (including phenoxy) is 1.